The van der Waals surface area contributed by atoms with Crippen molar-refractivity contribution in [2.24, 2.45) is 0 Å². The molecule has 0 amide bonds. The number of aliphatic hydroxyl groups excluding tert-OH is 1. The Balaban J connectivity index is 2.72. The van der Waals surface area contributed by atoms with Gasteiger partial charge in [-0.1, -0.05) is 12.1 Å². The van der Waals surface area contributed by atoms with Gasteiger partial charge in [-0.3, -0.25) is 0 Å². The van der Waals surface area contributed by atoms with Gasteiger partial charge in [-0.05, 0) is 25.5 Å². The van der Waals surface area contributed by atoms with E-state index in [9.17, 15) is 0 Å². The van der Waals surface area contributed by atoms with E-state index >= 15 is 0 Å². The molecule has 15 heavy (non-hydrogen) atoms. The molecule has 3 nitrogen and oxygen atoms in total. The minimum Gasteiger partial charge on any atom is -0.492 e. The Morgan fingerprint density at radius 1 is 1.33 bits per heavy atom. The molecule has 1 aromatic carbocycles. The van der Waals surface area contributed by atoms with Crippen molar-refractivity contribution >= 4 is 5.69 Å². The summed E-state index contributed by atoms with van der Waals surface area (Å²) in [4.78, 5) is 2.10. The Hall–Kier alpha value is -1.22. The fraction of sp³-hybridized carbons (Fsp3) is 0.500. The van der Waals surface area contributed by atoms with E-state index in [1.165, 1.54) is 0 Å². The van der Waals surface area contributed by atoms with Crippen molar-refractivity contribution in [2.45, 2.75) is 13.3 Å². The Morgan fingerprint density at radius 3 is 2.73 bits per heavy atom. The highest BCUT2D eigenvalue weighted by Gasteiger charge is 2.06. The Morgan fingerprint density at radius 2 is 2.07 bits per heavy atom. The lowest BCUT2D eigenvalue weighted by Gasteiger charge is -2.21. The van der Waals surface area contributed by atoms with Crippen LogP contribution in [0, 0.1) is 0 Å². The van der Waals surface area contributed by atoms with Gasteiger partial charge in [0.1, 0.15) is 5.75 Å². The molecular formula is C12H19NO2. The van der Waals surface area contributed by atoms with Gasteiger partial charge in [-0.2, -0.15) is 0 Å². The number of nitrogens with zero attached hydrogens (tertiary/aromatic N) is 1. The van der Waals surface area contributed by atoms with Crippen LogP contribution in [0.4, 0.5) is 5.69 Å². The highest BCUT2D eigenvalue weighted by Crippen LogP contribution is 2.26. The lowest BCUT2D eigenvalue weighted by molar-refractivity contribution is 0.290. The minimum absolute atomic E-state index is 0.223. The lowest BCUT2D eigenvalue weighted by Crippen LogP contribution is -2.20. The first-order valence-electron chi connectivity index (χ1n) is 5.33. The number of rotatable bonds is 6. The predicted octanol–water partition coefficient (Wildman–Crippen LogP) is 1.90. The highest BCUT2D eigenvalue weighted by atomic mass is 16.5. The second-order valence-corrected chi connectivity index (χ2v) is 3.40. The first-order chi connectivity index (χ1) is 7.29. The second kappa shape index (κ2) is 6.30. The average Bonchev–Trinajstić information content (AvgIpc) is 2.27. The number of ether oxygens (including phenoxy) is 1. The molecule has 3 heteroatoms. The van der Waals surface area contributed by atoms with Gasteiger partial charge in [0.2, 0.25) is 0 Å². The third-order valence-electron chi connectivity index (χ3n) is 2.23. The van der Waals surface area contributed by atoms with Crippen LogP contribution in [0.1, 0.15) is 13.3 Å². The SMILES string of the molecule is CCOc1ccccc1N(C)CCCO. The molecule has 0 aromatic heterocycles. The molecule has 0 atom stereocenters. The summed E-state index contributed by atoms with van der Waals surface area (Å²) in [6, 6.07) is 7.96. The summed E-state index contributed by atoms with van der Waals surface area (Å²) in [6.07, 6.45) is 0.775. The Kier molecular flexibility index (Phi) is 4.98. The van der Waals surface area contributed by atoms with E-state index in [1.54, 1.807) is 0 Å². The molecule has 0 spiro atoms. The van der Waals surface area contributed by atoms with Crippen LogP contribution in [0.5, 0.6) is 5.75 Å². The van der Waals surface area contributed by atoms with E-state index in [1.807, 2.05) is 38.2 Å². The fourth-order valence-electron chi connectivity index (χ4n) is 1.48. The van der Waals surface area contributed by atoms with Gasteiger partial charge in [-0.25, -0.2) is 0 Å². The zero-order valence-electron chi connectivity index (χ0n) is 9.44. The molecule has 0 unspecified atom stereocenters. The smallest absolute Gasteiger partial charge is 0.142 e. The van der Waals surface area contributed by atoms with Crippen molar-refractivity contribution in [3.63, 3.8) is 0 Å². The molecular weight excluding hydrogens is 190 g/mol. The van der Waals surface area contributed by atoms with Crippen LogP contribution in [-0.2, 0) is 0 Å². The summed E-state index contributed by atoms with van der Waals surface area (Å²) >= 11 is 0. The molecule has 0 heterocycles. The molecule has 0 aliphatic rings. The fourth-order valence-corrected chi connectivity index (χ4v) is 1.48. The molecule has 1 rings (SSSR count). The van der Waals surface area contributed by atoms with E-state index < -0.39 is 0 Å². The Labute approximate surface area is 91.3 Å². The number of hydrogen-bond donors (Lipinski definition) is 1. The van der Waals surface area contributed by atoms with Crippen molar-refractivity contribution in [1.82, 2.24) is 0 Å². The van der Waals surface area contributed by atoms with Crippen LogP contribution < -0.4 is 9.64 Å². The highest BCUT2D eigenvalue weighted by molar-refractivity contribution is 5.57. The predicted molar refractivity (Wildman–Crippen MR) is 62.6 cm³/mol. The van der Waals surface area contributed by atoms with E-state index in [0.717, 1.165) is 24.4 Å². The number of anilines is 1. The van der Waals surface area contributed by atoms with Crippen LogP contribution in [0.25, 0.3) is 0 Å². The number of aliphatic hydroxyl groups is 1. The lowest BCUT2D eigenvalue weighted by atomic mass is 10.2. The zero-order valence-corrected chi connectivity index (χ0v) is 9.44. The molecule has 0 fully saturated rings. The summed E-state index contributed by atoms with van der Waals surface area (Å²) < 4.78 is 5.53. The third kappa shape index (κ3) is 3.44. The average molecular weight is 209 g/mol. The molecule has 0 bridgehead atoms. The number of hydrogen-bond acceptors (Lipinski definition) is 3. The van der Waals surface area contributed by atoms with Gasteiger partial charge in [-0.15, -0.1) is 0 Å². The quantitative estimate of drug-likeness (QED) is 0.776. The maximum absolute atomic E-state index is 8.78. The van der Waals surface area contributed by atoms with Gasteiger partial charge in [0.15, 0.2) is 0 Å². The van der Waals surface area contributed by atoms with Crippen LogP contribution in [0.3, 0.4) is 0 Å². The van der Waals surface area contributed by atoms with E-state index in [4.69, 9.17) is 9.84 Å². The first-order valence-corrected chi connectivity index (χ1v) is 5.33. The van der Waals surface area contributed by atoms with Gasteiger partial charge in [0, 0.05) is 20.2 Å². The minimum atomic E-state index is 0.223. The van der Waals surface area contributed by atoms with E-state index in [2.05, 4.69) is 4.90 Å². The largest absolute Gasteiger partial charge is 0.492 e. The maximum atomic E-state index is 8.78. The standard InChI is InChI=1S/C12H19NO2/c1-3-15-12-8-5-4-7-11(12)13(2)9-6-10-14/h4-5,7-8,14H,3,6,9-10H2,1-2H3. The van der Waals surface area contributed by atoms with Crippen LogP contribution in [0.2, 0.25) is 0 Å². The molecule has 84 valence electrons. The van der Waals surface area contributed by atoms with Crippen LogP contribution in [-0.4, -0.2) is 31.9 Å². The van der Waals surface area contributed by atoms with Gasteiger partial charge in [0.25, 0.3) is 0 Å². The van der Waals surface area contributed by atoms with E-state index in [0.29, 0.717) is 6.61 Å². The normalized spacial score (nSPS) is 10.1. The summed E-state index contributed by atoms with van der Waals surface area (Å²) in [6.45, 7) is 3.71. The van der Waals surface area contributed by atoms with Crippen molar-refractivity contribution < 1.29 is 9.84 Å². The molecule has 1 N–H and O–H groups in total. The molecule has 0 aliphatic carbocycles. The van der Waals surface area contributed by atoms with Gasteiger partial charge >= 0.3 is 0 Å². The van der Waals surface area contributed by atoms with Crippen LogP contribution >= 0.6 is 0 Å². The van der Waals surface area contributed by atoms with Crippen molar-refractivity contribution in [3.8, 4) is 5.75 Å². The summed E-state index contributed by atoms with van der Waals surface area (Å²) in [5, 5.41) is 8.78. The van der Waals surface area contributed by atoms with Crippen molar-refractivity contribution in [1.29, 1.82) is 0 Å². The molecule has 0 saturated heterocycles. The number of benzene rings is 1. The topological polar surface area (TPSA) is 32.7 Å². The summed E-state index contributed by atoms with van der Waals surface area (Å²) in [5.41, 5.74) is 1.08. The van der Waals surface area contributed by atoms with Crippen LogP contribution in [0.15, 0.2) is 24.3 Å². The summed E-state index contributed by atoms with van der Waals surface area (Å²) in [7, 11) is 2.01. The van der Waals surface area contributed by atoms with Gasteiger partial charge < -0.3 is 14.7 Å². The number of para-hydroxylation sites is 2. The molecule has 0 aliphatic heterocycles. The summed E-state index contributed by atoms with van der Waals surface area (Å²) in [5.74, 6) is 0.903. The van der Waals surface area contributed by atoms with Crippen molar-refractivity contribution in [2.75, 3.05) is 31.7 Å². The second-order valence-electron chi connectivity index (χ2n) is 3.40. The zero-order chi connectivity index (χ0) is 11.1. The van der Waals surface area contributed by atoms with Crippen molar-refractivity contribution in [3.05, 3.63) is 24.3 Å². The molecule has 1 aromatic rings. The van der Waals surface area contributed by atoms with Gasteiger partial charge in [0.05, 0.1) is 12.3 Å². The molecule has 0 radical (unpaired) electrons. The molecule has 0 saturated carbocycles. The van der Waals surface area contributed by atoms with E-state index in [-0.39, 0.29) is 6.61 Å². The Bertz CT molecular complexity index is 289. The first kappa shape index (κ1) is 11.9. The monoisotopic (exact) mass is 209 g/mol. The third-order valence-corrected chi connectivity index (χ3v) is 2.23. The maximum Gasteiger partial charge on any atom is 0.142 e.